The highest BCUT2D eigenvalue weighted by molar-refractivity contribution is 8.00. The lowest BCUT2D eigenvalue weighted by atomic mass is 10.1. The van der Waals surface area contributed by atoms with E-state index in [4.69, 9.17) is 10.5 Å². The van der Waals surface area contributed by atoms with Gasteiger partial charge in [0.25, 0.3) is 5.91 Å². The Balaban J connectivity index is 2.24. The molecule has 1 fully saturated rings. The van der Waals surface area contributed by atoms with Gasteiger partial charge >= 0.3 is 0 Å². The van der Waals surface area contributed by atoms with Gasteiger partial charge in [-0.2, -0.15) is 11.8 Å². The first-order valence-corrected chi connectivity index (χ1v) is 8.14. The van der Waals surface area contributed by atoms with Crippen molar-refractivity contribution >= 4 is 23.4 Å². The first-order valence-electron chi connectivity index (χ1n) is 7.09. The predicted molar refractivity (Wildman–Crippen MR) is 84.5 cm³/mol. The van der Waals surface area contributed by atoms with Crippen molar-refractivity contribution in [2.45, 2.75) is 25.5 Å². The normalized spacial score (nSPS) is 18.9. The van der Waals surface area contributed by atoms with Gasteiger partial charge in [0.15, 0.2) is 0 Å². The number of nitrogen functional groups attached to an aromatic ring is 1. The van der Waals surface area contributed by atoms with Crippen molar-refractivity contribution in [3.63, 3.8) is 0 Å². The second-order valence-corrected chi connectivity index (χ2v) is 6.21. The van der Waals surface area contributed by atoms with Crippen LogP contribution in [0.5, 0.6) is 5.75 Å². The number of nitrogens with zero attached hydrogens (tertiary/aromatic N) is 1. The van der Waals surface area contributed by atoms with Crippen molar-refractivity contribution in [3.05, 3.63) is 23.8 Å². The molecule has 1 unspecified atom stereocenters. The minimum Gasteiger partial charge on any atom is -0.493 e. The Bertz CT molecular complexity index is 479. The molecule has 1 heterocycles. The van der Waals surface area contributed by atoms with E-state index in [1.165, 1.54) is 0 Å². The van der Waals surface area contributed by atoms with Crippen LogP contribution in [0.15, 0.2) is 18.2 Å². The Kier molecular flexibility index (Phi) is 5.17. The van der Waals surface area contributed by atoms with E-state index < -0.39 is 0 Å². The number of hydrogen-bond acceptors (Lipinski definition) is 4. The minimum absolute atomic E-state index is 0.00898. The van der Waals surface area contributed by atoms with Crippen molar-refractivity contribution < 1.29 is 9.53 Å². The monoisotopic (exact) mass is 294 g/mol. The molecule has 0 radical (unpaired) electrons. The molecule has 4 nitrogen and oxygen atoms in total. The fourth-order valence-electron chi connectivity index (χ4n) is 2.36. The largest absolute Gasteiger partial charge is 0.493 e. The number of rotatable bonds is 4. The topological polar surface area (TPSA) is 55.6 Å². The first kappa shape index (κ1) is 15.0. The fourth-order valence-corrected chi connectivity index (χ4v) is 3.54. The predicted octanol–water partition coefficient (Wildman–Crippen LogP) is 2.64. The van der Waals surface area contributed by atoms with Gasteiger partial charge in [-0.1, -0.05) is 13.0 Å². The molecule has 1 amide bonds. The zero-order valence-corrected chi connectivity index (χ0v) is 12.9. The molecule has 0 aliphatic carbocycles. The van der Waals surface area contributed by atoms with E-state index in [0.29, 0.717) is 28.9 Å². The van der Waals surface area contributed by atoms with Crippen LogP contribution in [0.2, 0.25) is 0 Å². The van der Waals surface area contributed by atoms with Crippen LogP contribution in [0.3, 0.4) is 0 Å². The zero-order chi connectivity index (χ0) is 14.5. The van der Waals surface area contributed by atoms with Crippen molar-refractivity contribution in [1.82, 2.24) is 4.90 Å². The number of carbonyl (C=O) groups is 1. The van der Waals surface area contributed by atoms with Crippen molar-refractivity contribution in [3.8, 4) is 5.75 Å². The molecule has 2 rings (SSSR count). The molecule has 5 heteroatoms. The van der Waals surface area contributed by atoms with E-state index >= 15 is 0 Å². The highest BCUT2D eigenvalue weighted by Crippen LogP contribution is 2.29. The summed E-state index contributed by atoms with van der Waals surface area (Å²) in [4.78, 5) is 14.6. The van der Waals surface area contributed by atoms with Crippen LogP contribution in [0.25, 0.3) is 0 Å². The number of anilines is 1. The van der Waals surface area contributed by atoms with E-state index in [2.05, 4.69) is 6.92 Å². The molecule has 2 N–H and O–H groups in total. The molecule has 1 saturated heterocycles. The Hall–Kier alpha value is -1.36. The van der Waals surface area contributed by atoms with Gasteiger partial charge in [0.05, 0.1) is 6.61 Å². The van der Waals surface area contributed by atoms with Crippen LogP contribution < -0.4 is 10.5 Å². The molecule has 1 aliphatic rings. The van der Waals surface area contributed by atoms with Gasteiger partial charge in [-0.25, -0.2) is 0 Å². The summed E-state index contributed by atoms with van der Waals surface area (Å²) in [6.45, 7) is 6.16. The highest BCUT2D eigenvalue weighted by Gasteiger charge is 2.27. The number of ether oxygens (including phenoxy) is 1. The molecule has 110 valence electrons. The number of amides is 1. The van der Waals surface area contributed by atoms with Gasteiger partial charge in [0.1, 0.15) is 11.3 Å². The van der Waals surface area contributed by atoms with Crippen LogP contribution in [-0.2, 0) is 0 Å². The Morgan fingerprint density at radius 2 is 2.30 bits per heavy atom. The molecule has 0 aromatic heterocycles. The number of thioether (sulfide) groups is 1. The second kappa shape index (κ2) is 6.88. The SMILES string of the molecule is CCOc1cccc(N)c1C(=O)N1CCSC(CC)C1. The third-order valence-electron chi connectivity index (χ3n) is 3.45. The second-order valence-electron chi connectivity index (χ2n) is 4.81. The van der Waals surface area contributed by atoms with Gasteiger partial charge < -0.3 is 15.4 Å². The summed E-state index contributed by atoms with van der Waals surface area (Å²) in [7, 11) is 0. The molecule has 1 aromatic carbocycles. The maximum atomic E-state index is 12.7. The average Bonchev–Trinajstić information content (AvgIpc) is 2.47. The van der Waals surface area contributed by atoms with E-state index in [1.54, 1.807) is 6.07 Å². The zero-order valence-electron chi connectivity index (χ0n) is 12.1. The quantitative estimate of drug-likeness (QED) is 0.867. The molecular formula is C15H22N2O2S. The third kappa shape index (κ3) is 3.20. The van der Waals surface area contributed by atoms with Crippen LogP contribution in [-0.4, -0.2) is 41.5 Å². The number of benzene rings is 1. The maximum absolute atomic E-state index is 12.7. The maximum Gasteiger partial charge on any atom is 0.259 e. The van der Waals surface area contributed by atoms with Crippen LogP contribution in [0.1, 0.15) is 30.6 Å². The van der Waals surface area contributed by atoms with E-state index in [1.807, 2.05) is 35.7 Å². The minimum atomic E-state index is -0.00898. The lowest BCUT2D eigenvalue weighted by Gasteiger charge is -2.32. The molecule has 1 atom stereocenters. The molecule has 0 spiro atoms. The highest BCUT2D eigenvalue weighted by atomic mass is 32.2. The summed E-state index contributed by atoms with van der Waals surface area (Å²) in [6.07, 6.45) is 1.08. The fraction of sp³-hybridized carbons (Fsp3) is 0.533. The third-order valence-corrected chi connectivity index (χ3v) is 4.83. The summed E-state index contributed by atoms with van der Waals surface area (Å²) in [5.74, 6) is 1.56. The molecule has 0 saturated carbocycles. The molecule has 20 heavy (non-hydrogen) atoms. The van der Waals surface area contributed by atoms with Crippen molar-refractivity contribution in [2.24, 2.45) is 0 Å². The lowest BCUT2D eigenvalue weighted by molar-refractivity contribution is 0.0758. The standard InChI is InChI=1S/C15H22N2O2S/c1-3-11-10-17(8-9-20-11)15(18)14-12(16)6-5-7-13(14)19-4-2/h5-7,11H,3-4,8-10,16H2,1-2H3. The van der Waals surface area contributed by atoms with Gasteiger partial charge in [-0.3, -0.25) is 4.79 Å². The van der Waals surface area contributed by atoms with E-state index in [9.17, 15) is 4.79 Å². The van der Waals surface area contributed by atoms with Gasteiger partial charge in [-0.05, 0) is 25.5 Å². The van der Waals surface area contributed by atoms with Gasteiger partial charge in [-0.15, -0.1) is 0 Å². The van der Waals surface area contributed by atoms with E-state index in [-0.39, 0.29) is 5.91 Å². The van der Waals surface area contributed by atoms with Crippen LogP contribution in [0.4, 0.5) is 5.69 Å². The summed E-state index contributed by atoms with van der Waals surface area (Å²) in [5, 5.41) is 0.521. The molecule has 1 aliphatic heterocycles. The lowest BCUT2D eigenvalue weighted by Crippen LogP contribution is -2.42. The number of hydrogen-bond donors (Lipinski definition) is 1. The van der Waals surface area contributed by atoms with Gasteiger partial charge in [0.2, 0.25) is 0 Å². The van der Waals surface area contributed by atoms with Gasteiger partial charge in [0, 0.05) is 29.8 Å². The molecular weight excluding hydrogens is 272 g/mol. The van der Waals surface area contributed by atoms with Crippen LogP contribution >= 0.6 is 11.8 Å². The Labute approximate surface area is 124 Å². The van der Waals surface area contributed by atoms with E-state index in [0.717, 1.165) is 25.3 Å². The number of carbonyl (C=O) groups excluding carboxylic acids is 1. The smallest absolute Gasteiger partial charge is 0.259 e. The summed E-state index contributed by atoms with van der Waals surface area (Å²) < 4.78 is 5.55. The number of nitrogens with two attached hydrogens (primary N) is 1. The summed E-state index contributed by atoms with van der Waals surface area (Å²) in [5.41, 5.74) is 7.00. The first-order chi connectivity index (χ1) is 9.67. The van der Waals surface area contributed by atoms with Crippen molar-refractivity contribution in [1.29, 1.82) is 0 Å². The van der Waals surface area contributed by atoms with Crippen molar-refractivity contribution in [2.75, 3.05) is 31.2 Å². The van der Waals surface area contributed by atoms with Crippen LogP contribution in [0, 0.1) is 0 Å². The summed E-state index contributed by atoms with van der Waals surface area (Å²) >= 11 is 1.94. The molecule has 1 aromatic rings. The molecule has 0 bridgehead atoms. The summed E-state index contributed by atoms with van der Waals surface area (Å²) in [6, 6.07) is 5.38. The average molecular weight is 294 g/mol. The Morgan fingerprint density at radius 1 is 1.50 bits per heavy atom. The Morgan fingerprint density at radius 3 is 3.00 bits per heavy atom.